The molecule has 0 aliphatic carbocycles. The molecule has 0 bridgehead atoms. The second-order valence-electron chi connectivity index (χ2n) is 5.66. The monoisotopic (exact) mass is 274 g/mol. The van der Waals surface area contributed by atoms with Crippen LogP contribution in [0.1, 0.15) is 69.9 Å². The van der Waals surface area contributed by atoms with Crippen LogP contribution in [0.3, 0.4) is 0 Å². The zero-order chi connectivity index (χ0) is 14.8. The highest BCUT2D eigenvalue weighted by molar-refractivity contribution is 5.55. The molecule has 0 aliphatic heterocycles. The van der Waals surface area contributed by atoms with Crippen molar-refractivity contribution in [3.05, 3.63) is 35.9 Å². The van der Waals surface area contributed by atoms with Crippen LogP contribution in [0, 0.1) is 6.92 Å². The molecule has 0 N–H and O–H groups in total. The number of unbranched alkanes of at least 4 members (excludes halogenated alkanes) is 5. The number of hydrogen-bond donors (Lipinski definition) is 0. The minimum Gasteiger partial charge on any atom is -0.490 e. The third-order valence-electron chi connectivity index (χ3n) is 3.84. The Morgan fingerprint density at radius 1 is 1.15 bits per heavy atom. The van der Waals surface area contributed by atoms with Gasteiger partial charge in [0.15, 0.2) is 0 Å². The lowest BCUT2D eigenvalue weighted by Gasteiger charge is -2.17. The van der Waals surface area contributed by atoms with E-state index in [0.717, 1.165) is 17.7 Å². The molecule has 1 rings (SSSR count). The van der Waals surface area contributed by atoms with E-state index in [0.29, 0.717) is 6.10 Å². The van der Waals surface area contributed by atoms with Crippen LogP contribution in [-0.4, -0.2) is 6.10 Å². The predicted molar refractivity (Wildman–Crippen MR) is 89.4 cm³/mol. The SMILES string of the molecule is C=Cc1cccc(OC(C)CCCCCCCC)c1C. The summed E-state index contributed by atoms with van der Waals surface area (Å²) in [6.07, 6.45) is 11.4. The van der Waals surface area contributed by atoms with E-state index in [1.54, 1.807) is 0 Å². The number of benzene rings is 1. The Labute approximate surface area is 125 Å². The molecular formula is C19H30O. The number of ether oxygens (including phenoxy) is 1. The molecule has 0 saturated carbocycles. The molecule has 1 heteroatoms. The van der Waals surface area contributed by atoms with E-state index in [2.05, 4.69) is 39.5 Å². The molecule has 1 unspecified atom stereocenters. The van der Waals surface area contributed by atoms with Crippen molar-refractivity contribution in [3.63, 3.8) is 0 Å². The van der Waals surface area contributed by atoms with E-state index in [-0.39, 0.29) is 0 Å². The van der Waals surface area contributed by atoms with Crippen LogP contribution < -0.4 is 4.74 Å². The average molecular weight is 274 g/mol. The fourth-order valence-corrected chi connectivity index (χ4v) is 2.47. The normalized spacial score (nSPS) is 12.2. The van der Waals surface area contributed by atoms with Crippen molar-refractivity contribution >= 4 is 6.08 Å². The second-order valence-corrected chi connectivity index (χ2v) is 5.66. The standard InChI is InChI=1S/C19H30O/c1-5-7-8-9-10-11-13-16(3)20-19-15-12-14-18(6-2)17(19)4/h6,12,14-16H,2,5,7-11,13H2,1,3-4H3. The molecule has 0 radical (unpaired) electrons. The minimum absolute atomic E-state index is 0.292. The number of hydrogen-bond acceptors (Lipinski definition) is 1. The lowest BCUT2D eigenvalue weighted by atomic mass is 10.1. The van der Waals surface area contributed by atoms with Crippen LogP contribution in [-0.2, 0) is 0 Å². The fourth-order valence-electron chi connectivity index (χ4n) is 2.47. The van der Waals surface area contributed by atoms with Gasteiger partial charge in [-0.2, -0.15) is 0 Å². The summed E-state index contributed by atoms with van der Waals surface area (Å²) in [5.74, 6) is 1.00. The molecule has 0 heterocycles. The zero-order valence-electron chi connectivity index (χ0n) is 13.5. The highest BCUT2D eigenvalue weighted by Gasteiger charge is 2.07. The van der Waals surface area contributed by atoms with Gasteiger partial charge in [0.05, 0.1) is 6.10 Å². The summed E-state index contributed by atoms with van der Waals surface area (Å²) >= 11 is 0. The van der Waals surface area contributed by atoms with Gasteiger partial charge in [-0.05, 0) is 43.9 Å². The summed E-state index contributed by atoms with van der Waals surface area (Å²) in [4.78, 5) is 0. The molecule has 0 fully saturated rings. The Morgan fingerprint density at radius 3 is 2.55 bits per heavy atom. The van der Waals surface area contributed by atoms with Crippen molar-refractivity contribution in [1.29, 1.82) is 0 Å². The van der Waals surface area contributed by atoms with Gasteiger partial charge in [-0.15, -0.1) is 0 Å². The van der Waals surface area contributed by atoms with Crippen molar-refractivity contribution in [3.8, 4) is 5.75 Å². The lowest BCUT2D eigenvalue weighted by Crippen LogP contribution is -2.12. The largest absolute Gasteiger partial charge is 0.490 e. The molecule has 0 aromatic heterocycles. The van der Waals surface area contributed by atoms with E-state index in [1.807, 2.05) is 12.1 Å². The van der Waals surface area contributed by atoms with Gasteiger partial charge in [0.25, 0.3) is 0 Å². The molecule has 1 atom stereocenters. The van der Waals surface area contributed by atoms with Gasteiger partial charge in [0, 0.05) is 0 Å². The van der Waals surface area contributed by atoms with Crippen LogP contribution >= 0.6 is 0 Å². The molecule has 0 spiro atoms. The van der Waals surface area contributed by atoms with E-state index in [9.17, 15) is 0 Å². The van der Waals surface area contributed by atoms with Crippen molar-refractivity contribution in [2.45, 2.75) is 71.8 Å². The minimum atomic E-state index is 0.292. The quantitative estimate of drug-likeness (QED) is 0.464. The van der Waals surface area contributed by atoms with Gasteiger partial charge >= 0.3 is 0 Å². The van der Waals surface area contributed by atoms with E-state index in [4.69, 9.17) is 4.74 Å². The summed E-state index contributed by atoms with van der Waals surface area (Å²) in [7, 11) is 0. The maximum Gasteiger partial charge on any atom is 0.123 e. The first-order valence-corrected chi connectivity index (χ1v) is 8.07. The highest BCUT2D eigenvalue weighted by Crippen LogP contribution is 2.24. The summed E-state index contributed by atoms with van der Waals surface area (Å²) in [5.41, 5.74) is 2.35. The zero-order valence-corrected chi connectivity index (χ0v) is 13.5. The summed E-state index contributed by atoms with van der Waals surface area (Å²) in [6, 6.07) is 6.17. The Morgan fingerprint density at radius 2 is 1.85 bits per heavy atom. The molecule has 1 nitrogen and oxygen atoms in total. The molecule has 1 aromatic carbocycles. The second kappa shape index (κ2) is 9.63. The first kappa shape index (κ1) is 16.8. The van der Waals surface area contributed by atoms with Crippen molar-refractivity contribution < 1.29 is 4.74 Å². The molecular weight excluding hydrogens is 244 g/mol. The van der Waals surface area contributed by atoms with Crippen LogP contribution in [0.25, 0.3) is 6.08 Å². The maximum absolute atomic E-state index is 6.07. The molecule has 0 saturated heterocycles. The van der Waals surface area contributed by atoms with Crippen LogP contribution in [0.5, 0.6) is 5.75 Å². The topological polar surface area (TPSA) is 9.23 Å². The van der Waals surface area contributed by atoms with E-state index < -0.39 is 0 Å². The van der Waals surface area contributed by atoms with Crippen molar-refractivity contribution in [2.75, 3.05) is 0 Å². The van der Waals surface area contributed by atoms with Gasteiger partial charge in [-0.1, -0.05) is 63.8 Å². The molecule has 20 heavy (non-hydrogen) atoms. The Kier molecular flexibility index (Phi) is 8.10. The molecule has 112 valence electrons. The van der Waals surface area contributed by atoms with Crippen molar-refractivity contribution in [2.24, 2.45) is 0 Å². The first-order chi connectivity index (χ1) is 9.69. The van der Waals surface area contributed by atoms with Crippen LogP contribution in [0.15, 0.2) is 24.8 Å². The van der Waals surface area contributed by atoms with E-state index in [1.165, 1.54) is 44.1 Å². The average Bonchev–Trinajstić information content (AvgIpc) is 2.45. The smallest absolute Gasteiger partial charge is 0.123 e. The Balaban J connectivity index is 2.32. The van der Waals surface area contributed by atoms with Gasteiger partial charge in [0.1, 0.15) is 5.75 Å². The third kappa shape index (κ3) is 5.81. The summed E-state index contributed by atoms with van der Waals surface area (Å²) in [5, 5.41) is 0. The highest BCUT2D eigenvalue weighted by atomic mass is 16.5. The van der Waals surface area contributed by atoms with Crippen LogP contribution in [0.4, 0.5) is 0 Å². The molecule has 0 aliphatic rings. The fraction of sp³-hybridized carbons (Fsp3) is 0.579. The van der Waals surface area contributed by atoms with Gasteiger partial charge < -0.3 is 4.74 Å². The molecule has 1 aromatic rings. The van der Waals surface area contributed by atoms with E-state index >= 15 is 0 Å². The molecule has 0 amide bonds. The Bertz CT molecular complexity index is 395. The van der Waals surface area contributed by atoms with Crippen molar-refractivity contribution in [1.82, 2.24) is 0 Å². The van der Waals surface area contributed by atoms with Gasteiger partial charge in [0.2, 0.25) is 0 Å². The lowest BCUT2D eigenvalue weighted by molar-refractivity contribution is 0.205. The maximum atomic E-state index is 6.07. The summed E-state index contributed by atoms with van der Waals surface area (Å²) in [6.45, 7) is 10.4. The number of rotatable bonds is 10. The van der Waals surface area contributed by atoms with Gasteiger partial charge in [-0.25, -0.2) is 0 Å². The summed E-state index contributed by atoms with van der Waals surface area (Å²) < 4.78 is 6.07. The van der Waals surface area contributed by atoms with Crippen LogP contribution in [0.2, 0.25) is 0 Å². The third-order valence-corrected chi connectivity index (χ3v) is 3.84. The first-order valence-electron chi connectivity index (χ1n) is 8.07. The Hall–Kier alpha value is -1.24. The van der Waals surface area contributed by atoms with Gasteiger partial charge in [-0.3, -0.25) is 0 Å². The predicted octanol–water partition coefficient (Wildman–Crippen LogP) is 6.16.